The molecule has 0 bridgehead atoms. The van der Waals surface area contributed by atoms with Gasteiger partial charge in [-0.3, -0.25) is 4.79 Å². The zero-order valence-corrected chi connectivity index (χ0v) is 9.73. The summed E-state index contributed by atoms with van der Waals surface area (Å²) in [7, 11) is 0. The summed E-state index contributed by atoms with van der Waals surface area (Å²) in [6, 6.07) is 5.06. The van der Waals surface area contributed by atoms with Gasteiger partial charge in [0.1, 0.15) is 5.75 Å². The molecule has 16 heavy (non-hydrogen) atoms. The number of aryl methyl sites for hydroxylation is 1. The molecule has 0 heterocycles. The van der Waals surface area contributed by atoms with Crippen molar-refractivity contribution in [3.05, 3.63) is 42.0 Å². The largest absolute Gasteiger partial charge is 0.507 e. The summed E-state index contributed by atoms with van der Waals surface area (Å²) in [5, 5.41) is 9.70. The van der Waals surface area contributed by atoms with E-state index in [1.807, 2.05) is 19.9 Å². The van der Waals surface area contributed by atoms with Gasteiger partial charge in [-0.25, -0.2) is 0 Å². The van der Waals surface area contributed by atoms with E-state index in [0.717, 1.165) is 5.56 Å². The van der Waals surface area contributed by atoms with Crippen molar-refractivity contribution in [2.75, 3.05) is 13.1 Å². The second-order valence-corrected chi connectivity index (χ2v) is 3.65. The van der Waals surface area contributed by atoms with Crippen LogP contribution in [-0.2, 0) is 0 Å². The zero-order valence-electron chi connectivity index (χ0n) is 9.73. The van der Waals surface area contributed by atoms with Crippen LogP contribution in [0.1, 0.15) is 22.8 Å². The predicted molar refractivity (Wildman–Crippen MR) is 64.6 cm³/mol. The molecular weight excluding hydrogens is 202 g/mol. The summed E-state index contributed by atoms with van der Waals surface area (Å²) >= 11 is 0. The molecule has 1 aromatic carbocycles. The van der Waals surface area contributed by atoms with E-state index in [9.17, 15) is 9.90 Å². The highest BCUT2D eigenvalue weighted by atomic mass is 16.3. The van der Waals surface area contributed by atoms with Crippen molar-refractivity contribution in [3.63, 3.8) is 0 Å². The lowest BCUT2D eigenvalue weighted by atomic mass is 10.1. The quantitative estimate of drug-likeness (QED) is 0.790. The Morgan fingerprint density at radius 1 is 1.56 bits per heavy atom. The minimum atomic E-state index is -0.167. The Hall–Kier alpha value is -1.77. The van der Waals surface area contributed by atoms with E-state index < -0.39 is 0 Å². The van der Waals surface area contributed by atoms with Crippen LogP contribution in [0.3, 0.4) is 0 Å². The lowest BCUT2D eigenvalue weighted by Gasteiger charge is -2.19. The number of hydrogen-bond donors (Lipinski definition) is 1. The highest BCUT2D eigenvalue weighted by Crippen LogP contribution is 2.20. The van der Waals surface area contributed by atoms with Gasteiger partial charge in [0.05, 0.1) is 5.56 Å². The second kappa shape index (κ2) is 5.35. The topological polar surface area (TPSA) is 40.5 Å². The Morgan fingerprint density at radius 3 is 2.75 bits per heavy atom. The molecule has 0 aliphatic heterocycles. The number of benzene rings is 1. The van der Waals surface area contributed by atoms with E-state index in [2.05, 4.69) is 6.58 Å². The average molecular weight is 219 g/mol. The Morgan fingerprint density at radius 2 is 2.25 bits per heavy atom. The summed E-state index contributed by atoms with van der Waals surface area (Å²) in [6.07, 6.45) is 1.67. The Labute approximate surface area is 96.0 Å². The van der Waals surface area contributed by atoms with Gasteiger partial charge in [0, 0.05) is 13.1 Å². The van der Waals surface area contributed by atoms with Gasteiger partial charge in [-0.15, -0.1) is 6.58 Å². The van der Waals surface area contributed by atoms with Crippen LogP contribution in [0.2, 0.25) is 0 Å². The number of phenols is 1. The van der Waals surface area contributed by atoms with E-state index in [-0.39, 0.29) is 11.7 Å². The third-order valence-corrected chi connectivity index (χ3v) is 2.40. The molecule has 0 aliphatic rings. The maximum absolute atomic E-state index is 12.0. The van der Waals surface area contributed by atoms with Crippen molar-refractivity contribution in [1.82, 2.24) is 4.90 Å². The number of nitrogens with zero attached hydrogens (tertiary/aromatic N) is 1. The first kappa shape index (κ1) is 12.3. The fourth-order valence-corrected chi connectivity index (χ4v) is 1.50. The van der Waals surface area contributed by atoms with Crippen LogP contribution in [0.5, 0.6) is 5.75 Å². The van der Waals surface area contributed by atoms with Crippen LogP contribution >= 0.6 is 0 Å². The molecule has 1 amide bonds. The Balaban J connectivity index is 2.98. The first-order valence-electron chi connectivity index (χ1n) is 5.30. The van der Waals surface area contributed by atoms with Crippen LogP contribution in [0.4, 0.5) is 0 Å². The van der Waals surface area contributed by atoms with Crippen LogP contribution < -0.4 is 0 Å². The second-order valence-electron chi connectivity index (χ2n) is 3.65. The monoisotopic (exact) mass is 219 g/mol. The SMILES string of the molecule is C=CCN(CC)C(=O)c1ccc(C)cc1O. The van der Waals surface area contributed by atoms with Crippen LogP contribution in [0.25, 0.3) is 0 Å². The maximum Gasteiger partial charge on any atom is 0.257 e. The number of rotatable bonds is 4. The van der Waals surface area contributed by atoms with Crippen molar-refractivity contribution < 1.29 is 9.90 Å². The fraction of sp³-hybridized carbons (Fsp3) is 0.308. The number of hydrogen-bond acceptors (Lipinski definition) is 2. The van der Waals surface area contributed by atoms with E-state index >= 15 is 0 Å². The summed E-state index contributed by atoms with van der Waals surface area (Å²) in [5.74, 6) is -0.132. The summed E-state index contributed by atoms with van der Waals surface area (Å²) < 4.78 is 0. The van der Waals surface area contributed by atoms with Crippen molar-refractivity contribution in [3.8, 4) is 5.75 Å². The zero-order chi connectivity index (χ0) is 12.1. The third kappa shape index (κ3) is 2.63. The maximum atomic E-state index is 12.0. The Kier molecular flexibility index (Phi) is 4.11. The normalized spacial score (nSPS) is 9.88. The van der Waals surface area contributed by atoms with Gasteiger partial charge in [-0.2, -0.15) is 0 Å². The van der Waals surface area contributed by atoms with Gasteiger partial charge in [0.25, 0.3) is 5.91 Å². The van der Waals surface area contributed by atoms with E-state index in [4.69, 9.17) is 0 Å². The minimum Gasteiger partial charge on any atom is -0.507 e. The highest BCUT2D eigenvalue weighted by molar-refractivity contribution is 5.97. The molecule has 0 spiro atoms. The van der Waals surface area contributed by atoms with Gasteiger partial charge in [-0.05, 0) is 31.5 Å². The third-order valence-electron chi connectivity index (χ3n) is 2.40. The van der Waals surface area contributed by atoms with E-state index in [1.54, 1.807) is 23.1 Å². The molecule has 0 aliphatic carbocycles. The molecule has 0 aromatic heterocycles. The van der Waals surface area contributed by atoms with Crippen molar-refractivity contribution in [2.24, 2.45) is 0 Å². The smallest absolute Gasteiger partial charge is 0.257 e. The first-order chi connectivity index (χ1) is 7.60. The van der Waals surface area contributed by atoms with Crippen LogP contribution in [0.15, 0.2) is 30.9 Å². The minimum absolute atomic E-state index is 0.0347. The van der Waals surface area contributed by atoms with Crippen molar-refractivity contribution >= 4 is 5.91 Å². The summed E-state index contributed by atoms with van der Waals surface area (Å²) in [4.78, 5) is 13.6. The predicted octanol–water partition coefficient (Wildman–Crippen LogP) is 2.35. The van der Waals surface area contributed by atoms with Crippen LogP contribution in [-0.4, -0.2) is 29.0 Å². The molecule has 0 unspecified atom stereocenters. The molecule has 0 saturated heterocycles. The lowest BCUT2D eigenvalue weighted by molar-refractivity contribution is 0.0779. The van der Waals surface area contributed by atoms with Crippen LogP contribution in [0, 0.1) is 6.92 Å². The number of amides is 1. The van der Waals surface area contributed by atoms with Gasteiger partial charge >= 0.3 is 0 Å². The molecule has 0 atom stereocenters. The Bertz CT molecular complexity index is 399. The van der Waals surface area contributed by atoms with Crippen molar-refractivity contribution in [1.29, 1.82) is 0 Å². The molecule has 1 aromatic rings. The molecule has 3 heteroatoms. The molecule has 0 radical (unpaired) electrons. The van der Waals surface area contributed by atoms with Crippen molar-refractivity contribution in [2.45, 2.75) is 13.8 Å². The summed E-state index contributed by atoms with van der Waals surface area (Å²) in [6.45, 7) is 8.45. The van der Waals surface area contributed by atoms with Gasteiger partial charge in [-0.1, -0.05) is 12.1 Å². The van der Waals surface area contributed by atoms with E-state index in [1.165, 1.54) is 0 Å². The first-order valence-corrected chi connectivity index (χ1v) is 5.30. The molecule has 0 fully saturated rings. The van der Waals surface area contributed by atoms with E-state index in [0.29, 0.717) is 18.7 Å². The fourth-order valence-electron chi connectivity index (χ4n) is 1.50. The molecule has 1 rings (SSSR count). The average Bonchev–Trinajstić information content (AvgIpc) is 2.25. The number of phenolic OH excluding ortho intramolecular Hbond substituents is 1. The lowest BCUT2D eigenvalue weighted by Crippen LogP contribution is -2.30. The molecule has 0 saturated carbocycles. The molecule has 3 nitrogen and oxygen atoms in total. The number of likely N-dealkylation sites (N-methyl/N-ethyl adjacent to an activating group) is 1. The van der Waals surface area contributed by atoms with Gasteiger partial charge in [0.2, 0.25) is 0 Å². The number of aromatic hydroxyl groups is 1. The standard InChI is InChI=1S/C13H17NO2/c1-4-8-14(5-2)13(16)11-7-6-10(3)9-12(11)15/h4,6-7,9,15H,1,5,8H2,2-3H3. The molecule has 1 N–H and O–H groups in total. The number of carbonyl (C=O) groups excluding carboxylic acids is 1. The molecular formula is C13H17NO2. The highest BCUT2D eigenvalue weighted by Gasteiger charge is 2.16. The number of carbonyl (C=O) groups is 1. The summed E-state index contributed by atoms with van der Waals surface area (Å²) in [5.41, 5.74) is 1.27. The molecule has 86 valence electrons. The van der Waals surface area contributed by atoms with Gasteiger partial charge in [0.15, 0.2) is 0 Å². The van der Waals surface area contributed by atoms with Gasteiger partial charge < -0.3 is 10.0 Å².